The van der Waals surface area contributed by atoms with Gasteiger partial charge in [0.05, 0.1) is 10.6 Å². The SMILES string of the molecule is Cc1ccc(S(=O)(=O)N(CC(=O)NCc2ccc(-n3ccnc3C)cc2)c2cccc(Cl)c2)cc1. The Bertz CT molecular complexity index is 1430. The van der Waals surface area contributed by atoms with Crippen LogP contribution in [0.2, 0.25) is 5.02 Å². The fourth-order valence-electron chi connectivity index (χ4n) is 3.60. The molecule has 3 aromatic carbocycles. The number of benzene rings is 3. The highest BCUT2D eigenvalue weighted by Gasteiger charge is 2.27. The lowest BCUT2D eigenvalue weighted by Crippen LogP contribution is -2.40. The van der Waals surface area contributed by atoms with Gasteiger partial charge in [-0.25, -0.2) is 13.4 Å². The first kappa shape index (κ1) is 24.5. The highest BCUT2D eigenvalue weighted by atomic mass is 35.5. The standard InChI is InChI=1S/C26H25ClN4O3S/c1-19-6-12-25(13-7-19)35(33,34)31(24-5-3-4-22(27)16-24)18-26(32)29-17-21-8-10-23(11-9-21)30-15-14-28-20(30)2/h3-16H,17-18H2,1-2H3,(H,29,32). The molecule has 1 heterocycles. The lowest BCUT2D eigenvalue weighted by molar-refractivity contribution is -0.119. The third-order valence-electron chi connectivity index (χ3n) is 5.52. The van der Waals surface area contributed by atoms with Gasteiger partial charge in [0, 0.05) is 29.6 Å². The number of halogens is 1. The third-order valence-corrected chi connectivity index (χ3v) is 7.55. The molecule has 1 amide bonds. The van der Waals surface area contributed by atoms with Crippen LogP contribution in [0, 0.1) is 13.8 Å². The van der Waals surface area contributed by atoms with E-state index in [4.69, 9.17) is 11.6 Å². The van der Waals surface area contributed by atoms with Gasteiger partial charge >= 0.3 is 0 Å². The molecule has 0 bridgehead atoms. The summed E-state index contributed by atoms with van der Waals surface area (Å²) in [5.41, 5.74) is 3.10. The number of carbonyl (C=O) groups is 1. The van der Waals surface area contributed by atoms with E-state index in [1.165, 1.54) is 18.2 Å². The second kappa shape index (κ2) is 10.3. The molecule has 7 nitrogen and oxygen atoms in total. The number of imidazole rings is 1. The minimum Gasteiger partial charge on any atom is -0.350 e. The average molecular weight is 509 g/mol. The molecule has 0 spiro atoms. The molecule has 9 heteroatoms. The number of hydrogen-bond acceptors (Lipinski definition) is 4. The molecule has 0 saturated heterocycles. The Kier molecular flexibility index (Phi) is 7.23. The third kappa shape index (κ3) is 5.72. The van der Waals surface area contributed by atoms with Gasteiger partial charge in [-0.2, -0.15) is 0 Å². The minimum atomic E-state index is -4.00. The average Bonchev–Trinajstić information content (AvgIpc) is 3.27. The minimum absolute atomic E-state index is 0.0984. The van der Waals surface area contributed by atoms with Crippen LogP contribution in [0.3, 0.4) is 0 Å². The number of rotatable bonds is 8. The molecule has 4 aromatic rings. The Labute approximate surface area is 210 Å². The second-order valence-electron chi connectivity index (χ2n) is 8.09. The maximum Gasteiger partial charge on any atom is 0.264 e. The molecule has 4 rings (SSSR count). The molecule has 0 aliphatic heterocycles. The molecule has 0 radical (unpaired) electrons. The number of aromatic nitrogens is 2. The van der Waals surface area contributed by atoms with E-state index < -0.39 is 15.9 Å². The van der Waals surface area contributed by atoms with Gasteiger partial charge in [-0.3, -0.25) is 9.10 Å². The molecule has 0 aliphatic carbocycles. The maximum absolute atomic E-state index is 13.4. The van der Waals surface area contributed by atoms with Crippen LogP contribution in [-0.2, 0) is 21.4 Å². The van der Waals surface area contributed by atoms with Gasteiger partial charge in [-0.15, -0.1) is 0 Å². The number of hydrogen-bond donors (Lipinski definition) is 1. The molecule has 0 saturated carbocycles. The van der Waals surface area contributed by atoms with Crippen LogP contribution >= 0.6 is 11.6 Å². The monoisotopic (exact) mass is 508 g/mol. The van der Waals surface area contributed by atoms with Crippen LogP contribution in [0.4, 0.5) is 5.69 Å². The predicted molar refractivity (Wildman–Crippen MR) is 137 cm³/mol. The quantitative estimate of drug-likeness (QED) is 0.375. The smallest absolute Gasteiger partial charge is 0.264 e. The summed E-state index contributed by atoms with van der Waals surface area (Å²) in [6.45, 7) is 3.67. The Morgan fingerprint density at radius 2 is 1.74 bits per heavy atom. The Morgan fingerprint density at radius 3 is 2.37 bits per heavy atom. The van der Waals surface area contributed by atoms with Crippen molar-refractivity contribution in [1.29, 1.82) is 0 Å². The number of amides is 1. The largest absolute Gasteiger partial charge is 0.350 e. The summed E-state index contributed by atoms with van der Waals surface area (Å²) in [6.07, 6.45) is 3.62. The summed E-state index contributed by atoms with van der Waals surface area (Å²) in [5.74, 6) is 0.442. The van der Waals surface area contributed by atoms with Crippen molar-refractivity contribution in [2.24, 2.45) is 0 Å². The van der Waals surface area contributed by atoms with Gasteiger partial charge in [0.1, 0.15) is 12.4 Å². The topological polar surface area (TPSA) is 84.3 Å². The van der Waals surface area contributed by atoms with E-state index in [0.717, 1.165) is 26.9 Å². The highest BCUT2D eigenvalue weighted by Crippen LogP contribution is 2.26. The molecule has 0 atom stereocenters. The van der Waals surface area contributed by atoms with E-state index in [9.17, 15) is 13.2 Å². The van der Waals surface area contributed by atoms with E-state index >= 15 is 0 Å². The van der Waals surface area contributed by atoms with E-state index in [1.54, 1.807) is 36.5 Å². The van der Waals surface area contributed by atoms with Gasteiger partial charge in [-0.05, 0) is 61.9 Å². The lowest BCUT2D eigenvalue weighted by Gasteiger charge is -2.24. The van der Waals surface area contributed by atoms with E-state index in [-0.39, 0.29) is 18.0 Å². The summed E-state index contributed by atoms with van der Waals surface area (Å²) >= 11 is 6.12. The first-order valence-corrected chi connectivity index (χ1v) is 12.8. The number of carbonyl (C=O) groups excluding carboxylic acids is 1. The zero-order chi connectivity index (χ0) is 25.0. The van der Waals surface area contributed by atoms with E-state index in [1.807, 2.05) is 48.9 Å². The summed E-state index contributed by atoms with van der Waals surface area (Å²) in [5, 5.41) is 3.19. The van der Waals surface area contributed by atoms with Crippen LogP contribution in [-0.4, -0.2) is 30.4 Å². The zero-order valence-corrected chi connectivity index (χ0v) is 20.9. The number of aryl methyl sites for hydroxylation is 2. The van der Waals surface area contributed by atoms with Crippen LogP contribution in [0.1, 0.15) is 17.0 Å². The molecule has 1 N–H and O–H groups in total. The summed E-state index contributed by atoms with van der Waals surface area (Å²) < 4.78 is 29.9. The molecule has 35 heavy (non-hydrogen) atoms. The van der Waals surface area contributed by atoms with Crippen molar-refractivity contribution in [1.82, 2.24) is 14.9 Å². The van der Waals surface area contributed by atoms with Crippen LogP contribution < -0.4 is 9.62 Å². The maximum atomic E-state index is 13.4. The van der Waals surface area contributed by atoms with Crippen molar-refractivity contribution in [3.05, 3.63) is 107 Å². The second-order valence-corrected chi connectivity index (χ2v) is 10.4. The van der Waals surface area contributed by atoms with Crippen molar-refractivity contribution in [3.8, 4) is 5.69 Å². The Morgan fingerprint density at radius 1 is 1.03 bits per heavy atom. The summed E-state index contributed by atoms with van der Waals surface area (Å²) in [7, 11) is -4.00. The van der Waals surface area contributed by atoms with E-state index in [0.29, 0.717) is 10.7 Å². The fraction of sp³-hybridized carbons (Fsp3) is 0.154. The highest BCUT2D eigenvalue weighted by molar-refractivity contribution is 7.92. The zero-order valence-electron chi connectivity index (χ0n) is 19.3. The molecule has 180 valence electrons. The predicted octanol–water partition coefficient (Wildman–Crippen LogP) is 4.65. The number of sulfonamides is 1. The van der Waals surface area contributed by atoms with Crippen molar-refractivity contribution in [2.45, 2.75) is 25.3 Å². The van der Waals surface area contributed by atoms with Crippen molar-refractivity contribution in [2.75, 3.05) is 10.8 Å². The Hall–Kier alpha value is -3.62. The first-order valence-electron chi connectivity index (χ1n) is 10.9. The molecular formula is C26H25ClN4O3S. The summed E-state index contributed by atoms with van der Waals surface area (Å²) in [6, 6.07) is 20.6. The Balaban J connectivity index is 1.50. The van der Waals surface area contributed by atoms with Crippen LogP contribution in [0.5, 0.6) is 0 Å². The molecule has 0 aliphatic rings. The number of nitrogens with zero attached hydrogens (tertiary/aromatic N) is 3. The van der Waals surface area contributed by atoms with Crippen LogP contribution in [0.15, 0.2) is 90.1 Å². The van der Waals surface area contributed by atoms with Crippen molar-refractivity contribution < 1.29 is 13.2 Å². The lowest BCUT2D eigenvalue weighted by atomic mass is 10.2. The van der Waals surface area contributed by atoms with Crippen LogP contribution in [0.25, 0.3) is 5.69 Å². The molecular weight excluding hydrogens is 484 g/mol. The normalized spacial score (nSPS) is 11.3. The van der Waals surface area contributed by atoms with Crippen molar-refractivity contribution in [3.63, 3.8) is 0 Å². The van der Waals surface area contributed by atoms with Gasteiger partial charge in [0.15, 0.2) is 0 Å². The summed E-state index contributed by atoms with van der Waals surface area (Å²) in [4.78, 5) is 17.2. The van der Waals surface area contributed by atoms with Gasteiger partial charge in [0.2, 0.25) is 5.91 Å². The van der Waals surface area contributed by atoms with Crippen molar-refractivity contribution >= 4 is 33.2 Å². The molecule has 0 fully saturated rings. The number of nitrogens with one attached hydrogen (secondary N) is 1. The van der Waals surface area contributed by atoms with Gasteiger partial charge in [0.25, 0.3) is 10.0 Å². The fourth-order valence-corrected chi connectivity index (χ4v) is 5.19. The first-order chi connectivity index (χ1) is 16.7. The number of anilines is 1. The molecule has 0 unspecified atom stereocenters. The molecule has 1 aromatic heterocycles. The van der Waals surface area contributed by atoms with E-state index in [2.05, 4.69) is 10.3 Å². The van der Waals surface area contributed by atoms with Gasteiger partial charge < -0.3 is 9.88 Å². The van der Waals surface area contributed by atoms with Gasteiger partial charge in [-0.1, -0.05) is 47.5 Å².